The van der Waals surface area contributed by atoms with Gasteiger partial charge in [-0.1, -0.05) is 45.2 Å². The molecule has 4 nitrogen and oxygen atoms in total. The SMILES string of the molecule is C=C1Nc2cc(C3=NC=CC3)sc2C(=C)N1c1cncc(C)c1/C=C\C.CC. The molecular formula is C23H26N4S. The molecule has 0 bridgehead atoms. The van der Waals surface area contributed by atoms with Gasteiger partial charge in [0.15, 0.2) is 0 Å². The number of hydrogen-bond acceptors (Lipinski definition) is 5. The summed E-state index contributed by atoms with van der Waals surface area (Å²) in [6.45, 7) is 16.7. The van der Waals surface area contributed by atoms with E-state index in [-0.39, 0.29) is 0 Å². The van der Waals surface area contributed by atoms with Crippen molar-refractivity contribution in [1.82, 2.24) is 4.98 Å². The van der Waals surface area contributed by atoms with Gasteiger partial charge in [-0.3, -0.25) is 14.9 Å². The highest BCUT2D eigenvalue weighted by Crippen LogP contribution is 2.44. The van der Waals surface area contributed by atoms with Crippen LogP contribution in [0.5, 0.6) is 0 Å². The summed E-state index contributed by atoms with van der Waals surface area (Å²) < 4.78 is 0. The van der Waals surface area contributed by atoms with Crippen molar-refractivity contribution in [3.63, 3.8) is 0 Å². The van der Waals surface area contributed by atoms with E-state index in [1.165, 1.54) is 4.88 Å². The Kier molecular flexibility index (Phi) is 5.95. The first-order chi connectivity index (χ1) is 13.6. The van der Waals surface area contributed by atoms with Crippen molar-refractivity contribution in [2.75, 3.05) is 10.2 Å². The number of thiophene rings is 1. The van der Waals surface area contributed by atoms with Gasteiger partial charge in [-0.05, 0) is 25.5 Å². The number of nitrogens with zero attached hydrogens (tertiary/aromatic N) is 3. The molecule has 0 aliphatic carbocycles. The number of pyridine rings is 1. The number of hydrogen-bond donors (Lipinski definition) is 1. The fourth-order valence-electron chi connectivity index (χ4n) is 3.25. The van der Waals surface area contributed by atoms with Crippen LogP contribution in [0.25, 0.3) is 11.8 Å². The van der Waals surface area contributed by atoms with Crippen molar-refractivity contribution >= 4 is 40.2 Å². The number of nitrogens with one attached hydrogen (secondary N) is 1. The Bertz CT molecular complexity index is 1010. The zero-order valence-corrected chi connectivity index (χ0v) is 17.7. The molecule has 0 amide bonds. The summed E-state index contributed by atoms with van der Waals surface area (Å²) in [5, 5.41) is 3.43. The summed E-state index contributed by atoms with van der Waals surface area (Å²) in [4.78, 5) is 13.2. The highest BCUT2D eigenvalue weighted by atomic mass is 32.1. The van der Waals surface area contributed by atoms with Gasteiger partial charge in [-0.2, -0.15) is 0 Å². The monoisotopic (exact) mass is 390 g/mol. The van der Waals surface area contributed by atoms with Crippen LogP contribution < -0.4 is 10.2 Å². The van der Waals surface area contributed by atoms with E-state index >= 15 is 0 Å². The molecule has 0 atom stereocenters. The molecule has 5 heteroatoms. The number of aliphatic imine (C=N–C) groups is 1. The molecule has 2 aliphatic rings. The zero-order valence-electron chi connectivity index (χ0n) is 16.9. The molecule has 1 N–H and O–H groups in total. The van der Waals surface area contributed by atoms with E-state index in [2.05, 4.69) is 53.6 Å². The van der Waals surface area contributed by atoms with Crippen LogP contribution in [0, 0.1) is 6.92 Å². The topological polar surface area (TPSA) is 40.5 Å². The van der Waals surface area contributed by atoms with Crippen molar-refractivity contribution in [2.24, 2.45) is 4.99 Å². The average molecular weight is 391 g/mol. The first-order valence-corrected chi connectivity index (χ1v) is 10.3. The number of allylic oxidation sites excluding steroid dienone is 2. The number of anilines is 2. The highest BCUT2D eigenvalue weighted by molar-refractivity contribution is 7.16. The maximum absolute atomic E-state index is 4.45. The van der Waals surface area contributed by atoms with Gasteiger partial charge in [-0.15, -0.1) is 11.3 Å². The Hall–Kier alpha value is -2.92. The van der Waals surface area contributed by atoms with E-state index in [9.17, 15) is 0 Å². The summed E-state index contributed by atoms with van der Waals surface area (Å²) in [5.74, 6) is 0.775. The predicted octanol–water partition coefficient (Wildman–Crippen LogP) is 6.59. The minimum absolute atomic E-state index is 0.775. The van der Waals surface area contributed by atoms with Crippen LogP contribution >= 0.6 is 11.3 Å². The molecule has 0 spiro atoms. The highest BCUT2D eigenvalue weighted by Gasteiger charge is 2.28. The minimum atomic E-state index is 0.775. The molecule has 4 heterocycles. The smallest absolute Gasteiger partial charge is 0.108 e. The summed E-state index contributed by atoms with van der Waals surface area (Å²) in [6, 6.07) is 2.14. The van der Waals surface area contributed by atoms with Crippen molar-refractivity contribution in [2.45, 2.75) is 34.1 Å². The van der Waals surface area contributed by atoms with Gasteiger partial charge in [-0.25, -0.2) is 0 Å². The lowest BCUT2D eigenvalue weighted by atomic mass is 10.1. The summed E-state index contributed by atoms with van der Waals surface area (Å²) >= 11 is 1.71. The van der Waals surface area contributed by atoms with Crippen molar-refractivity contribution in [3.8, 4) is 0 Å². The van der Waals surface area contributed by atoms with E-state index in [1.54, 1.807) is 11.3 Å². The van der Waals surface area contributed by atoms with E-state index in [4.69, 9.17) is 0 Å². The molecule has 144 valence electrons. The third-order valence-corrected chi connectivity index (χ3v) is 5.72. The quantitative estimate of drug-likeness (QED) is 0.642. The first kappa shape index (κ1) is 19.8. The van der Waals surface area contributed by atoms with Gasteiger partial charge in [0, 0.05) is 24.4 Å². The number of rotatable bonds is 3. The molecule has 0 saturated carbocycles. The van der Waals surface area contributed by atoms with Crippen molar-refractivity contribution in [3.05, 3.63) is 76.7 Å². The van der Waals surface area contributed by atoms with E-state index in [1.807, 2.05) is 50.3 Å². The Morgan fingerprint density at radius 3 is 2.71 bits per heavy atom. The van der Waals surface area contributed by atoms with Crippen LogP contribution in [0.15, 0.2) is 60.8 Å². The van der Waals surface area contributed by atoms with Crippen LogP contribution in [0.2, 0.25) is 0 Å². The van der Waals surface area contributed by atoms with E-state index in [0.29, 0.717) is 0 Å². The third-order valence-electron chi connectivity index (χ3n) is 4.48. The van der Waals surface area contributed by atoms with E-state index < -0.39 is 0 Å². The first-order valence-electron chi connectivity index (χ1n) is 9.48. The molecule has 0 radical (unpaired) electrons. The van der Waals surface area contributed by atoms with Gasteiger partial charge in [0.05, 0.1) is 38.7 Å². The van der Waals surface area contributed by atoms with Gasteiger partial charge >= 0.3 is 0 Å². The second kappa shape index (κ2) is 8.40. The molecule has 2 aromatic rings. The Balaban J connectivity index is 0.00000109. The number of aryl methyl sites for hydroxylation is 1. The Morgan fingerprint density at radius 1 is 1.25 bits per heavy atom. The maximum atomic E-state index is 4.45. The van der Waals surface area contributed by atoms with E-state index in [0.717, 1.165) is 51.0 Å². The molecule has 2 aromatic heterocycles. The predicted molar refractivity (Wildman–Crippen MR) is 124 cm³/mol. The lowest BCUT2D eigenvalue weighted by Gasteiger charge is -2.34. The molecule has 0 unspecified atom stereocenters. The molecular weight excluding hydrogens is 364 g/mol. The lowest BCUT2D eigenvalue weighted by Crippen LogP contribution is -2.29. The summed E-state index contributed by atoms with van der Waals surface area (Å²) in [7, 11) is 0. The Morgan fingerprint density at radius 2 is 2.04 bits per heavy atom. The maximum Gasteiger partial charge on any atom is 0.108 e. The normalized spacial score (nSPS) is 15.3. The Labute approximate surface area is 171 Å². The van der Waals surface area contributed by atoms with Crippen LogP contribution in [0.3, 0.4) is 0 Å². The summed E-state index contributed by atoms with van der Waals surface area (Å²) in [6.07, 6.45) is 12.7. The van der Waals surface area contributed by atoms with Crippen LogP contribution in [0.4, 0.5) is 11.4 Å². The van der Waals surface area contributed by atoms with Gasteiger partial charge in [0.1, 0.15) is 5.82 Å². The standard InChI is InChI=1S/C21H20N4S.C2H6/c1-5-7-16-13(2)11-22-12-19(16)25-14(3)21-18(24-15(25)4)10-20(26-21)17-8-6-9-23-17;1-2/h5-7,9-12,24H,3-4,8H2,1-2H3;1-2H3/b7-5-;. The van der Waals surface area contributed by atoms with Gasteiger partial charge in [0.2, 0.25) is 0 Å². The second-order valence-electron chi connectivity index (χ2n) is 6.26. The largest absolute Gasteiger partial charge is 0.341 e. The molecule has 0 saturated heterocycles. The fraction of sp³-hybridized carbons (Fsp3) is 0.217. The third kappa shape index (κ3) is 3.45. The number of fused-ring (bicyclic) bond motifs is 1. The lowest BCUT2D eigenvalue weighted by molar-refractivity contribution is 1.13. The van der Waals surface area contributed by atoms with Crippen molar-refractivity contribution < 1.29 is 0 Å². The van der Waals surface area contributed by atoms with Crippen LogP contribution in [0.1, 0.15) is 48.1 Å². The molecule has 4 rings (SSSR count). The molecule has 0 aromatic carbocycles. The van der Waals surface area contributed by atoms with Crippen molar-refractivity contribution in [1.29, 1.82) is 0 Å². The summed E-state index contributed by atoms with van der Waals surface area (Å²) in [5.41, 5.74) is 6.26. The zero-order chi connectivity index (χ0) is 20.3. The fourth-order valence-corrected chi connectivity index (χ4v) is 4.33. The van der Waals surface area contributed by atoms with Crippen LogP contribution in [-0.4, -0.2) is 10.7 Å². The second-order valence-corrected chi connectivity index (χ2v) is 7.31. The van der Waals surface area contributed by atoms with Gasteiger partial charge < -0.3 is 5.32 Å². The van der Waals surface area contributed by atoms with Gasteiger partial charge in [0.25, 0.3) is 0 Å². The van der Waals surface area contributed by atoms with Crippen LogP contribution in [-0.2, 0) is 0 Å². The molecule has 2 aliphatic heterocycles. The average Bonchev–Trinajstić information content (AvgIpc) is 3.35. The minimum Gasteiger partial charge on any atom is -0.341 e. The molecule has 0 fully saturated rings. The number of aromatic nitrogens is 1. The molecule has 28 heavy (non-hydrogen) atoms.